The number of pyridine rings is 1. The molecule has 8 nitrogen and oxygen atoms in total. The van der Waals surface area contributed by atoms with Crippen LogP contribution in [0.25, 0.3) is 0 Å². The van der Waals surface area contributed by atoms with Gasteiger partial charge in [0.2, 0.25) is 10.0 Å². The Labute approximate surface area is 160 Å². The highest BCUT2D eigenvalue weighted by Gasteiger charge is 2.28. The molecule has 2 fully saturated rings. The molecule has 0 bridgehead atoms. The van der Waals surface area contributed by atoms with Crippen LogP contribution in [0.3, 0.4) is 0 Å². The third kappa shape index (κ3) is 3.85. The van der Waals surface area contributed by atoms with Crippen molar-refractivity contribution < 1.29 is 8.42 Å². The molecule has 0 aromatic carbocycles. The zero-order valence-electron chi connectivity index (χ0n) is 15.7. The summed E-state index contributed by atoms with van der Waals surface area (Å²) in [5.41, 5.74) is 0. The normalized spacial score (nSPS) is 19.7. The van der Waals surface area contributed by atoms with Gasteiger partial charge in [-0.3, -0.25) is 4.90 Å². The van der Waals surface area contributed by atoms with E-state index in [2.05, 4.69) is 19.8 Å². The van der Waals surface area contributed by atoms with Crippen molar-refractivity contribution >= 4 is 15.8 Å². The molecular formula is C18H26N6O2S. The van der Waals surface area contributed by atoms with Gasteiger partial charge in [0.25, 0.3) is 0 Å². The second-order valence-corrected chi connectivity index (χ2v) is 9.12. The summed E-state index contributed by atoms with van der Waals surface area (Å²) in [5, 5.41) is 0. The molecule has 0 amide bonds. The predicted molar refractivity (Wildman–Crippen MR) is 103 cm³/mol. The number of nitrogens with zero attached hydrogens (tertiary/aromatic N) is 6. The maximum Gasteiger partial charge on any atom is 0.244 e. The van der Waals surface area contributed by atoms with Gasteiger partial charge in [0.15, 0.2) is 0 Å². The van der Waals surface area contributed by atoms with E-state index < -0.39 is 10.0 Å². The predicted octanol–water partition coefficient (Wildman–Crippen LogP) is 0.922. The van der Waals surface area contributed by atoms with Crippen molar-refractivity contribution in [1.29, 1.82) is 0 Å². The molecule has 2 aromatic heterocycles. The quantitative estimate of drug-likeness (QED) is 0.756. The molecule has 27 heavy (non-hydrogen) atoms. The van der Waals surface area contributed by atoms with Gasteiger partial charge >= 0.3 is 0 Å². The average Bonchev–Trinajstić information content (AvgIpc) is 3.36. The van der Waals surface area contributed by atoms with E-state index in [4.69, 9.17) is 0 Å². The summed E-state index contributed by atoms with van der Waals surface area (Å²) in [5.74, 6) is 1.91. The fourth-order valence-corrected chi connectivity index (χ4v) is 5.14. The molecule has 0 saturated carbocycles. The van der Waals surface area contributed by atoms with Gasteiger partial charge in [-0.15, -0.1) is 0 Å². The number of aryl methyl sites for hydroxylation is 1. The van der Waals surface area contributed by atoms with Gasteiger partial charge in [-0.25, -0.2) is 18.4 Å². The lowest BCUT2D eigenvalue weighted by atomic mass is 10.3. The van der Waals surface area contributed by atoms with Crippen molar-refractivity contribution in [2.45, 2.75) is 24.3 Å². The number of aromatic nitrogens is 3. The zero-order valence-corrected chi connectivity index (χ0v) is 16.5. The van der Waals surface area contributed by atoms with Crippen molar-refractivity contribution in [3.63, 3.8) is 0 Å². The maximum absolute atomic E-state index is 12.6. The van der Waals surface area contributed by atoms with E-state index in [-0.39, 0.29) is 0 Å². The van der Waals surface area contributed by atoms with Crippen LogP contribution in [0.1, 0.15) is 18.7 Å². The molecule has 2 aromatic rings. The largest absolute Gasteiger partial charge is 0.354 e. The van der Waals surface area contributed by atoms with Crippen molar-refractivity contribution in [2.75, 3.05) is 44.2 Å². The summed E-state index contributed by atoms with van der Waals surface area (Å²) in [6.07, 6.45) is 7.17. The number of piperazine rings is 1. The van der Waals surface area contributed by atoms with E-state index in [0.29, 0.717) is 18.0 Å². The number of anilines is 1. The minimum absolute atomic E-state index is 0.293. The topological polar surface area (TPSA) is 74.6 Å². The average molecular weight is 391 g/mol. The van der Waals surface area contributed by atoms with E-state index in [1.165, 1.54) is 6.20 Å². The first-order valence-electron chi connectivity index (χ1n) is 9.44. The Balaban J connectivity index is 1.37. The molecule has 0 N–H and O–H groups in total. The summed E-state index contributed by atoms with van der Waals surface area (Å²) in [6, 6.07) is 3.52. The first-order valence-corrected chi connectivity index (χ1v) is 10.9. The van der Waals surface area contributed by atoms with Crippen LogP contribution in [-0.4, -0.2) is 71.4 Å². The highest BCUT2D eigenvalue weighted by Crippen LogP contribution is 2.22. The molecule has 9 heteroatoms. The number of hydrogen-bond acceptors (Lipinski definition) is 6. The Kier molecular flexibility index (Phi) is 5.16. The summed E-state index contributed by atoms with van der Waals surface area (Å²) in [6.45, 7) is 5.68. The standard InChI is InChI=1S/C18H26N6O2S/c1-21-9-6-19-18(21)15-22-10-12-23(13-11-22)17-5-4-16(14-20-17)27(25,26)24-7-2-3-8-24/h4-6,9,14H,2-3,7-8,10-13,15H2,1H3. The Morgan fingerprint density at radius 2 is 1.74 bits per heavy atom. The van der Waals surface area contributed by atoms with Crippen LogP contribution in [0.5, 0.6) is 0 Å². The highest BCUT2D eigenvalue weighted by atomic mass is 32.2. The summed E-state index contributed by atoms with van der Waals surface area (Å²) in [4.78, 5) is 13.7. The molecule has 2 aliphatic rings. The molecular weight excluding hydrogens is 364 g/mol. The van der Waals surface area contributed by atoms with Crippen molar-refractivity contribution in [3.8, 4) is 0 Å². The van der Waals surface area contributed by atoms with E-state index in [1.807, 2.05) is 30.1 Å². The summed E-state index contributed by atoms with van der Waals surface area (Å²) < 4.78 is 28.8. The lowest BCUT2D eigenvalue weighted by Crippen LogP contribution is -2.46. The number of rotatable bonds is 5. The van der Waals surface area contributed by atoms with Crippen LogP contribution in [0.4, 0.5) is 5.82 Å². The molecule has 0 aliphatic carbocycles. The molecule has 146 valence electrons. The van der Waals surface area contributed by atoms with Crippen molar-refractivity contribution in [3.05, 3.63) is 36.5 Å². The van der Waals surface area contributed by atoms with E-state index in [0.717, 1.165) is 57.2 Å². The first kappa shape index (κ1) is 18.4. The van der Waals surface area contributed by atoms with Crippen LogP contribution >= 0.6 is 0 Å². The zero-order chi connectivity index (χ0) is 18.9. The van der Waals surface area contributed by atoms with E-state index in [9.17, 15) is 8.42 Å². The van der Waals surface area contributed by atoms with Gasteiger partial charge in [-0.05, 0) is 25.0 Å². The molecule has 0 atom stereocenters. The monoisotopic (exact) mass is 390 g/mol. The Morgan fingerprint density at radius 3 is 2.33 bits per heavy atom. The number of hydrogen-bond donors (Lipinski definition) is 0. The Bertz CT molecular complexity index is 866. The molecule has 0 unspecified atom stereocenters. The first-order chi connectivity index (χ1) is 13.0. The Morgan fingerprint density at radius 1 is 1.00 bits per heavy atom. The SMILES string of the molecule is Cn1ccnc1CN1CCN(c2ccc(S(=O)(=O)N3CCCC3)cn2)CC1. The van der Waals surface area contributed by atoms with Gasteiger partial charge in [-0.2, -0.15) is 4.31 Å². The number of sulfonamides is 1. The second kappa shape index (κ2) is 7.57. The minimum atomic E-state index is -3.39. The molecule has 2 saturated heterocycles. The van der Waals surface area contributed by atoms with E-state index in [1.54, 1.807) is 10.4 Å². The fraction of sp³-hybridized carbons (Fsp3) is 0.556. The lowest BCUT2D eigenvalue weighted by molar-refractivity contribution is 0.241. The van der Waals surface area contributed by atoms with Gasteiger partial charge in [0.1, 0.15) is 16.5 Å². The van der Waals surface area contributed by atoms with Crippen molar-refractivity contribution in [1.82, 2.24) is 23.7 Å². The minimum Gasteiger partial charge on any atom is -0.354 e. The van der Waals surface area contributed by atoms with Gasteiger partial charge in [-0.1, -0.05) is 0 Å². The molecule has 4 rings (SSSR count). The second-order valence-electron chi connectivity index (χ2n) is 7.18. The highest BCUT2D eigenvalue weighted by molar-refractivity contribution is 7.89. The summed E-state index contributed by atoms with van der Waals surface area (Å²) in [7, 11) is -1.38. The Hall–Kier alpha value is -1.97. The fourth-order valence-electron chi connectivity index (χ4n) is 3.67. The maximum atomic E-state index is 12.6. The molecule has 2 aliphatic heterocycles. The van der Waals surface area contributed by atoms with Gasteiger partial charge in [0, 0.05) is 64.9 Å². The van der Waals surface area contributed by atoms with Crippen LogP contribution in [0.15, 0.2) is 35.6 Å². The number of imidazole rings is 1. The van der Waals surface area contributed by atoms with E-state index >= 15 is 0 Å². The lowest BCUT2D eigenvalue weighted by Gasteiger charge is -2.35. The third-order valence-electron chi connectivity index (χ3n) is 5.41. The van der Waals surface area contributed by atoms with Crippen LogP contribution in [0, 0.1) is 0 Å². The van der Waals surface area contributed by atoms with Gasteiger partial charge < -0.3 is 9.47 Å². The van der Waals surface area contributed by atoms with Crippen LogP contribution < -0.4 is 4.90 Å². The van der Waals surface area contributed by atoms with Crippen molar-refractivity contribution in [2.24, 2.45) is 7.05 Å². The van der Waals surface area contributed by atoms with Gasteiger partial charge in [0.05, 0.1) is 6.54 Å². The molecule has 0 radical (unpaired) electrons. The molecule has 0 spiro atoms. The van der Waals surface area contributed by atoms with Crippen LogP contribution in [0.2, 0.25) is 0 Å². The smallest absolute Gasteiger partial charge is 0.244 e. The van der Waals surface area contributed by atoms with Crippen LogP contribution in [-0.2, 0) is 23.6 Å². The molecule has 4 heterocycles. The summed E-state index contributed by atoms with van der Waals surface area (Å²) >= 11 is 0. The third-order valence-corrected chi connectivity index (χ3v) is 7.29.